The molecular formula is C16H16N2O4. The van der Waals surface area contributed by atoms with Crippen LogP contribution in [-0.2, 0) is 0 Å². The summed E-state index contributed by atoms with van der Waals surface area (Å²) >= 11 is 0. The first-order valence-electron chi connectivity index (χ1n) is 6.59. The standard InChI is InChI=1S/C16H16N2O4/c1-11-3-6-13(7-4-11)21-15-10-9-14(22-15)8-5-12(2)18(20)16(17)19/h3-4,6-7,9-10,12,20H,1-2H3,(H2,17,19). The van der Waals surface area contributed by atoms with E-state index in [1.165, 1.54) is 6.92 Å². The fourth-order valence-corrected chi connectivity index (χ4v) is 1.59. The van der Waals surface area contributed by atoms with Crippen molar-refractivity contribution in [2.75, 3.05) is 0 Å². The number of nitrogens with two attached hydrogens (primary N) is 1. The van der Waals surface area contributed by atoms with Crippen molar-refractivity contribution in [1.29, 1.82) is 0 Å². The van der Waals surface area contributed by atoms with Gasteiger partial charge in [0.1, 0.15) is 11.8 Å². The molecule has 0 bridgehead atoms. The van der Waals surface area contributed by atoms with E-state index in [2.05, 4.69) is 11.8 Å². The molecule has 0 radical (unpaired) electrons. The Morgan fingerprint density at radius 2 is 2.00 bits per heavy atom. The number of urea groups is 1. The van der Waals surface area contributed by atoms with E-state index in [-0.39, 0.29) is 0 Å². The van der Waals surface area contributed by atoms with Gasteiger partial charge in [0.15, 0.2) is 5.76 Å². The molecule has 6 heteroatoms. The first-order valence-corrected chi connectivity index (χ1v) is 6.59. The highest BCUT2D eigenvalue weighted by Gasteiger charge is 2.12. The van der Waals surface area contributed by atoms with Crippen LogP contribution in [0.3, 0.4) is 0 Å². The topological polar surface area (TPSA) is 88.9 Å². The minimum Gasteiger partial charge on any atom is -0.426 e. The molecule has 2 amide bonds. The number of carbonyl (C=O) groups excluding carboxylic acids is 1. The molecule has 2 rings (SSSR count). The number of rotatable bonds is 3. The summed E-state index contributed by atoms with van der Waals surface area (Å²) in [6, 6.07) is 9.09. The van der Waals surface area contributed by atoms with Crippen LogP contribution in [-0.4, -0.2) is 22.3 Å². The molecule has 1 heterocycles. The van der Waals surface area contributed by atoms with E-state index in [9.17, 15) is 10.0 Å². The average molecular weight is 300 g/mol. The zero-order chi connectivity index (χ0) is 16.1. The monoisotopic (exact) mass is 300 g/mol. The molecule has 22 heavy (non-hydrogen) atoms. The molecule has 0 aliphatic heterocycles. The van der Waals surface area contributed by atoms with Crippen molar-refractivity contribution < 1.29 is 19.2 Å². The molecule has 1 unspecified atom stereocenters. The van der Waals surface area contributed by atoms with Crippen molar-refractivity contribution in [3.8, 4) is 23.5 Å². The van der Waals surface area contributed by atoms with E-state index in [4.69, 9.17) is 14.9 Å². The Hall–Kier alpha value is -2.91. The second kappa shape index (κ2) is 6.70. The van der Waals surface area contributed by atoms with Gasteiger partial charge in [-0.1, -0.05) is 23.6 Å². The smallest absolute Gasteiger partial charge is 0.339 e. The van der Waals surface area contributed by atoms with E-state index in [1.54, 1.807) is 12.1 Å². The number of hydrogen-bond acceptors (Lipinski definition) is 4. The Balaban J connectivity index is 2.03. The van der Waals surface area contributed by atoms with E-state index < -0.39 is 12.1 Å². The SMILES string of the molecule is Cc1ccc(Oc2ccc(C#CC(C)N(O)C(N)=O)o2)cc1. The Bertz CT molecular complexity index is 710. The summed E-state index contributed by atoms with van der Waals surface area (Å²) in [6.45, 7) is 3.52. The lowest BCUT2D eigenvalue weighted by molar-refractivity contribution is -0.0536. The third-order valence-electron chi connectivity index (χ3n) is 2.82. The van der Waals surface area contributed by atoms with Crippen LogP contribution in [0.2, 0.25) is 0 Å². The summed E-state index contributed by atoms with van der Waals surface area (Å²) in [5.74, 6) is 6.64. The van der Waals surface area contributed by atoms with Crippen LogP contribution in [0.5, 0.6) is 11.7 Å². The predicted molar refractivity (Wildman–Crippen MR) is 79.5 cm³/mol. The number of hydrogen-bond donors (Lipinski definition) is 2. The Morgan fingerprint density at radius 1 is 1.32 bits per heavy atom. The third-order valence-corrected chi connectivity index (χ3v) is 2.82. The fourth-order valence-electron chi connectivity index (χ4n) is 1.59. The number of primary amides is 1. The molecule has 0 aliphatic carbocycles. The second-order valence-electron chi connectivity index (χ2n) is 4.66. The van der Waals surface area contributed by atoms with Gasteiger partial charge in [0.2, 0.25) is 0 Å². The van der Waals surface area contributed by atoms with Gasteiger partial charge in [-0.2, -0.15) is 5.06 Å². The minimum atomic E-state index is -0.968. The number of nitrogens with zero attached hydrogens (tertiary/aromatic N) is 1. The number of aryl methyl sites for hydroxylation is 1. The van der Waals surface area contributed by atoms with E-state index >= 15 is 0 Å². The van der Waals surface area contributed by atoms with Gasteiger partial charge in [0.25, 0.3) is 5.95 Å². The number of amides is 2. The van der Waals surface area contributed by atoms with E-state index in [0.717, 1.165) is 5.56 Å². The molecule has 2 aromatic rings. The van der Waals surface area contributed by atoms with Crippen LogP contribution < -0.4 is 10.5 Å². The maximum Gasteiger partial charge on any atom is 0.339 e. The molecule has 1 aromatic heterocycles. The van der Waals surface area contributed by atoms with Gasteiger partial charge in [-0.05, 0) is 38.0 Å². The highest BCUT2D eigenvalue weighted by molar-refractivity contribution is 5.71. The molecule has 0 fully saturated rings. The van der Waals surface area contributed by atoms with Crippen molar-refractivity contribution in [2.45, 2.75) is 19.9 Å². The van der Waals surface area contributed by atoms with Crippen LogP contribution >= 0.6 is 0 Å². The summed E-state index contributed by atoms with van der Waals surface area (Å²) in [5, 5.41) is 9.64. The number of ether oxygens (including phenoxy) is 1. The molecule has 3 N–H and O–H groups in total. The molecule has 0 saturated heterocycles. The van der Waals surface area contributed by atoms with Crippen molar-refractivity contribution in [1.82, 2.24) is 5.06 Å². The molecule has 1 atom stereocenters. The molecule has 0 saturated carbocycles. The minimum absolute atomic E-state index is 0.302. The first-order chi connectivity index (χ1) is 10.5. The highest BCUT2D eigenvalue weighted by atomic mass is 16.6. The Kier molecular flexibility index (Phi) is 4.71. The Morgan fingerprint density at radius 3 is 2.64 bits per heavy atom. The number of furan rings is 1. The van der Waals surface area contributed by atoms with E-state index in [0.29, 0.717) is 22.5 Å². The van der Waals surface area contributed by atoms with Gasteiger partial charge in [0.05, 0.1) is 0 Å². The molecule has 6 nitrogen and oxygen atoms in total. The summed E-state index contributed by atoms with van der Waals surface area (Å²) in [5.41, 5.74) is 6.07. The first kappa shape index (κ1) is 15.5. The maximum absolute atomic E-state index is 10.8. The molecule has 0 aliphatic rings. The normalized spacial score (nSPS) is 11.2. The predicted octanol–water partition coefficient (Wildman–Crippen LogP) is 2.89. The third kappa shape index (κ3) is 4.04. The van der Waals surface area contributed by atoms with Crippen molar-refractivity contribution >= 4 is 6.03 Å². The zero-order valence-electron chi connectivity index (χ0n) is 12.2. The Labute approximate surface area is 128 Å². The molecule has 0 spiro atoms. The van der Waals surface area contributed by atoms with Crippen molar-refractivity contribution in [3.05, 3.63) is 47.7 Å². The largest absolute Gasteiger partial charge is 0.426 e. The quantitative estimate of drug-likeness (QED) is 0.518. The number of benzene rings is 1. The fraction of sp³-hybridized carbons (Fsp3) is 0.188. The number of hydroxylamine groups is 2. The molecule has 114 valence electrons. The van der Waals surface area contributed by atoms with Crippen LogP contribution in [0.1, 0.15) is 18.2 Å². The summed E-state index contributed by atoms with van der Waals surface area (Å²) in [4.78, 5) is 10.8. The second-order valence-corrected chi connectivity index (χ2v) is 4.66. The average Bonchev–Trinajstić information content (AvgIpc) is 2.94. The van der Waals surface area contributed by atoms with Crippen molar-refractivity contribution in [3.63, 3.8) is 0 Å². The lowest BCUT2D eigenvalue weighted by Gasteiger charge is -2.14. The van der Waals surface area contributed by atoms with Crippen LogP contribution in [0, 0.1) is 18.8 Å². The van der Waals surface area contributed by atoms with Gasteiger partial charge >= 0.3 is 6.03 Å². The van der Waals surface area contributed by atoms with Gasteiger partial charge in [-0.15, -0.1) is 0 Å². The van der Waals surface area contributed by atoms with E-state index in [1.807, 2.05) is 31.2 Å². The van der Waals surface area contributed by atoms with Gasteiger partial charge < -0.3 is 14.9 Å². The summed E-state index contributed by atoms with van der Waals surface area (Å²) < 4.78 is 10.9. The molecular weight excluding hydrogens is 284 g/mol. The zero-order valence-corrected chi connectivity index (χ0v) is 12.2. The van der Waals surface area contributed by atoms with Crippen LogP contribution in [0.15, 0.2) is 40.8 Å². The summed E-state index contributed by atoms with van der Waals surface area (Å²) in [7, 11) is 0. The lowest BCUT2D eigenvalue weighted by atomic mass is 10.2. The highest BCUT2D eigenvalue weighted by Crippen LogP contribution is 2.23. The summed E-state index contributed by atoms with van der Waals surface area (Å²) in [6.07, 6.45) is 0. The van der Waals surface area contributed by atoms with Gasteiger partial charge in [-0.3, -0.25) is 5.21 Å². The maximum atomic E-state index is 10.8. The van der Waals surface area contributed by atoms with Gasteiger partial charge in [-0.25, -0.2) is 4.79 Å². The lowest BCUT2D eigenvalue weighted by Crippen LogP contribution is -2.38. The molecule has 1 aromatic carbocycles. The van der Waals surface area contributed by atoms with Crippen molar-refractivity contribution in [2.24, 2.45) is 5.73 Å². The van der Waals surface area contributed by atoms with Crippen LogP contribution in [0.25, 0.3) is 0 Å². The number of carbonyl (C=O) groups is 1. The van der Waals surface area contributed by atoms with Crippen LogP contribution in [0.4, 0.5) is 4.79 Å². The van der Waals surface area contributed by atoms with Gasteiger partial charge in [0, 0.05) is 6.07 Å².